The number of nitrogens with two attached hydrogens (primary N) is 1. The van der Waals surface area contributed by atoms with Crippen LogP contribution in [0.5, 0.6) is 5.88 Å². The van der Waals surface area contributed by atoms with Gasteiger partial charge in [-0.3, -0.25) is 4.79 Å². The maximum atomic E-state index is 14.0. The van der Waals surface area contributed by atoms with E-state index in [0.29, 0.717) is 37.1 Å². The fraction of sp³-hybridized carbons (Fsp3) is 0.625. The van der Waals surface area contributed by atoms with E-state index in [1.807, 2.05) is 4.90 Å². The Bertz CT molecular complexity index is 576. The molecule has 1 aromatic rings. The van der Waals surface area contributed by atoms with E-state index in [1.54, 1.807) is 0 Å². The van der Waals surface area contributed by atoms with Crippen molar-refractivity contribution in [2.24, 2.45) is 11.7 Å². The van der Waals surface area contributed by atoms with Crippen molar-refractivity contribution in [1.29, 1.82) is 0 Å². The zero-order chi connectivity index (χ0) is 16.4. The lowest BCUT2D eigenvalue weighted by Gasteiger charge is -2.35. The summed E-state index contributed by atoms with van der Waals surface area (Å²) >= 11 is 0. The van der Waals surface area contributed by atoms with Gasteiger partial charge in [-0.15, -0.1) is 0 Å². The molecule has 1 aromatic heterocycles. The summed E-state index contributed by atoms with van der Waals surface area (Å²) in [7, 11) is 1.52. The zero-order valence-corrected chi connectivity index (χ0v) is 13.2. The molecular formula is C16H22FN3O3. The van der Waals surface area contributed by atoms with Gasteiger partial charge >= 0.3 is 0 Å². The molecule has 2 saturated heterocycles. The highest BCUT2D eigenvalue weighted by molar-refractivity contribution is 5.79. The summed E-state index contributed by atoms with van der Waals surface area (Å²) in [5.74, 6) is 0.407. The Labute approximate surface area is 134 Å². The van der Waals surface area contributed by atoms with Gasteiger partial charge in [0.15, 0.2) is 11.6 Å². The molecule has 1 amide bonds. The van der Waals surface area contributed by atoms with Gasteiger partial charge in [0.2, 0.25) is 11.8 Å². The van der Waals surface area contributed by atoms with Crippen LogP contribution in [0.3, 0.4) is 0 Å². The molecule has 2 N–H and O–H groups in total. The molecule has 7 heteroatoms. The number of aromatic nitrogens is 1. The zero-order valence-electron chi connectivity index (χ0n) is 13.2. The van der Waals surface area contributed by atoms with Gasteiger partial charge < -0.3 is 20.1 Å². The highest BCUT2D eigenvalue weighted by Gasteiger charge is 2.36. The third-order valence-corrected chi connectivity index (χ3v) is 4.75. The van der Waals surface area contributed by atoms with Crippen molar-refractivity contribution >= 4 is 11.7 Å². The Hall–Kier alpha value is -1.89. The minimum absolute atomic E-state index is 0.0813. The summed E-state index contributed by atoms with van der Waals surface area (Å²) in [6.45, 7) is 1.42. The van der Waals surface area contributed by atoms with Crippen LogP contribution in [0.4, 0.5) is 10.2 Å². The topological polar surface area (TPSA) is 77.7 Å². The molecule has 0 aliphatic carbocycles. The molecule has 6 nitrogen and oxygen atoms in total. The maximum Gasteiger partial charge on any atom is 0.246 e. The molecule has 0 saturated carbocycles. The van der Waals surface area contributed by atoms with Crippen LogP contribution in [-0.4, -0.2) is 43.3 Å². The molecule has 3 heterocycles. The lowest BCUT2D eigenvalue weighted by molar-refractivity contribution is -0.130. The summed E-state index contributed by atoms with van der Waals surface area (Å²) in [6, 6.07) is 2.90. The van der Waals surface area contributed by atoms with Gasteiger partial charge in [-0.25, -0.2) is 4.39 Å². The SMILES string of the molecule is COc1ccc(F)c(N2CCC([C@@H]3CC[C@H](C(N)=O)O3)CC2)n1. The molecular weight excluding hydrogens is 301 g/mol. The number of primary amides is 1. The molecule has 3 rings (SSSR count). The number of hydrogen-bond acceptors (Lipinski definition) is 5. The van der Waals surface area contributed by atoms with Gasteiger partial charge in [-0.1, -0.05) is 0 Å². The number of rotatable bonds is 4. The molecule has 2 fully saturated rings. The smallest absolute Gasteiger partial charge is 0.246 e. The Balaban J connectivity index is 1.60. The number of methoxy groups -OCH3 is 1. The van der Waals surface area contributed by atoms with Crippen LogP contribution < -0.4 is 15.4 Å². The van der Waals surface area contributed by atoms with E-state index in [1.165, 1.54) is 19.2 Å². The fourth-order valence-corrected chi connectivity index (χ4v) is 3.45. The number of nitrogens with zero attached hydrogens (tertiary/aromatic N) is 2. The third-order valence-electron chi connectivity index (χ3n) is 4.75. The Kier molecular flexibility index (Phi) is 4.66. The Morgan fingerprint density at radius 1 is 1.35 bits per heavy atom. The quantitative estimate of drug-likeness (QED) is 0.908. The van der Waals surface area contributed by atoms with Crippen molar-refractivity contribution < 1.29 is 18.7 Å². The van der Waals surface area contributed by atoms with Gasteiger partial charge in [-0.05, 0) is 37.7 Å². The molecule has 23 heavy (non-hydrogen) atoms. The molecule has 0 unspecified atom stereocenters. The number of amides is 1. The largest absolute Gasteiger partial charge is 0.481 e. The van der Waals surface area contributed by atoms with E-state index in [9.17, 15) is 9.18 Å². The summed E-state index contributed by atoms with van der Waals surface area (Å²) in [6.07, 6.45) is 2.97. The van der Waals surface area contributed by atoms with Crippen molar-refractivity contribution in [3.8, 4) is 5.88 Å². The third kappa shape index (κ3) is 3.39. The van der Waals surface area contributed by atoms with Crippen LogP contribution in [0.2, 0.25) is 0 Å². The predicted octanol–water partition coefficient (Wildman–Crippen LogP) is 1.48. The molecule has 2 aliphatic rings. The normalized spacial score (nSPS) is 25.6. The van der Waals surface area contributed by atoms with Crippen LogP contribution in [-0.2, 0) is 9.53 Å². The summed E-state index contributed by atoms with van der Waals surface area (Å²) in [4.78, 5) is 17.3. The fourth-order valence-electron chi connectivity index (χ4n) is 3.45. The van der Waals surface area contributed by atoms with Crippen molar-refractivity contribution in [2.75, 3.05) is 25.1 Å². The first kappa shape index (κ1) is 16.0. The van der Waals surface area contributed by atoms with Crippen molar-refractivity contribution in [3.63, 3.8) is 0 Å². The average molecular weight is 323 g/mol. The number of anilines is 1. The van der Waals surface area contributed by atoms with Gasteiger partial charge in [-0.2, -0.15) is 4.98 Å². The van der Waals surface area contributed by atoms with E-state index in [2.05, 4.69) is 4.98 Å². The lowest BCUT2D eigenvalue weighted by atomic mass is 9.89. The highest BCUT2D eigenvalue weighted by atomic mass is 19.1. The van der Waals surface area contributed by atoms with E-state index in [4.69, 9.17) is 15.2 Å². The molecule has 0 aromatic carbocycles. The van der Waals surface area contributed by atoms with E-state index in [0.717, 1.165) is 19.3 Å². The number of ether oxygens (including phenoxy) is 2. The molecule has 2 aliphatic heterocycles. The Morgan fingerprint density at radius 2 is 2.09 bits per heavy atom. The van der Waals surface area contributed by atoms with Crippen molar-refractivity contribution in [1.82, 2.24) is 4.98 Å². The molecule has 126 valence electrons. The van der Waals surface area contributed by atoms with Gasteiger partial charge in [0, 0.05) is 19.2 Å². The van der Waals surface area contributed by atoms with Crippen molar-refractivity contribution in [2.45, 2.75) is 37.9 Å². The second-order valence-corrected chi connectivity index (χ2v) is 6.13. The number of carbonyl (C=O) groups excluding carboxylic acids is 1. The Morgan fingerprint density at radius 3 is 2.70 bits per heavy atom. The number of hydrogen-bond donors (Lipinski definition) is 1. The summed E-state index contributed by atoms with van der Waals surface area (Å²) < 4.78 is 24.8. The van der Waals surface area contributed by atoms with Gasteiger partial charge in [0.05, 0.1) is 13.2 Å². The first-order valence-electron chi connectivity index (χ1n) is 7.98. The minimum Gasteiger partial charge on any atom is -0.481 e. The number of halogens is 1. The van der Waals surface area contributed by atoms with Crippen LogP contribution in [0.25, 0.3) is 0 Å². The molecule has 2 atom stereocenters. The van der Waals surface area contributed by atoms with E-state index in [-0.39, 0.29) is 17.8 Å². The van der Waals surface area contributed by atoms with Gasteiger partial charge in [0.25, 0.3) is 0 Å². The van der Waals surface area contributed by atoms with Gasteiger partial charge in [0.1, 0.15) is 6.10 Å². The summed E-state index contributed by atoms with van der Waals surface area (Å²) in [5.41, 5.74) is 5.30. The molecule has 0 bridgehead atoms. The van der Waals surface area contributed by atoms with Crippen LogP contribution in [0.1, 0.15) is 25.7 Å². The first-order valence-corrected chi connectivity index (χ1v) is 7.98. The van der Waals surface area contributed by atoms with E-state index < -0.39 is 6.10 Å². The standard InChI is InChI=1S/C16H22FN3O3/c1-22-14-5-2-11(17)16(19-14)20-8-6-10(7-9-20)12-3-4-13(23-12)15(18)21/h2,5,10,12-13H,3-4,6-9H2,1H3,(H2,18,21)/t12-,13+/m0/s1. The monoisotopic (exact) mass is 323 g/mol. The van der Waals surface area contributed by atoms with Crippen LogP contribution in [0, 0.1) is 11.7 Å². The van der Waals surface area contributed by atoms with Crippen LogP contribution in [0.15, 0.2) is 12.1 Å². The predicted molar refractivity (Wildman–Crippen MR) is 82.8 cm³/mol. The second-order valence-electron chi connectivity index (χ2n) is 6.13. The number of pyridine rings is 1. The molecule has 0 radical (unpaired) electrons. The maximum absolute atomic E-state index is 14.0. The summed E-state index contributed by atoms with van der Waals surface area (Å²) in [5, 5.41) is 0. The number of piperidine rings is 1. The van der Waals surface area contributed by atoms with E-state index >= 15 is 0 Å². The minimum atomic E-state index is -0.449. The molecule has 0 spiro atoms. The van der Waals surface area contributed by atoms with Crippen molar-refractivity contribution in [3.05, 3.63) is 17.9 Å². The highest BCUT2D eigenvalue weighted by Crippen LogP contribution is 2.33. The first-order chi connectivity index (χ1) is 11.1. The second kappa shape index (κ2) is 6.70. The average Bonchev–Trinajstić information content (AvgIpc) is 3.06. The van der Waals surface area contributed by atoms with Crippen LogP contribution >= 0.6 is 0 Å². The number of carbonyl (C=O) groups is 1. The lowest BCUT2D eigenvalue weighted by Crippen LogP contribution is -2.39.